The number of esters is 1. The summed E-state index contributed by atoms with van der Waals surface area (Å²) in [7, 11) is 0. The molecule has 37 heavy (non-hydrogen) atoms. The number of carboxylic acid groups (broad SMARTS) is 1. The molecule has 0 aromatic rings. The maximum atomic E-state index is 12.8. The van der Waals surface area contributed by atoms with Gasteiger partial charge in [-0.05, 0) is 91.3 Å². The van der Waals surface area contributed by atoms with E-state index < -0.39 is 17.5 Å². The number of carbonyl (C=O) groups excluding carboxylic acids is 1. The number of aliphatic hydroxyl groups is 1. The molecule has 0 aromatic heterocycles. The third-order valence-electron chi connectivity index (χ3n) is 13.3. The molecule has 0 bridgehead atoms. The SMILES string of the molecule is CC(=O)O[C@H]1CC[C@@]2(C)C(CC[C@]3(C)[C@@H]2[C@H](O)C=C2[C@@H]4CC(C)(C)CC[C@]4(C(=O)O)CC[C@]23C)C1(C)C. The summed E-state index contributed by atoms with van der Waals surface area (Å²) >= 11 is 0. The normalized spacial score (nSPS) is 49.9. The second-order valence-electron chi connectivity index (χ2n) is 15.8. The average molecular weight is 515 g/mol. The fourth-order valence-corrected chi connectivity index (χ4v) is 11.1. The van der Waals surface area contributed by atoms with E-state index in [1.165, 1.54) is 12.5 Å². The van der Waals surface area contributed by atoms with Gasteiger partial charge < -0.3 is 14.9 Å². The Balaban J connectivity index is 1.60. The predicted octanol–water partition coefficient (Wildman–Crippen LogP) is 6.78. The molecule has 4 saturated carbocycles. The molecule has 9 atom stereocenters. The fraction of sp³-hybridized carbons (Fsp3) is 0.875. The first-order chi connectivity index (χ1) is 16.9. The molecule has 5 aliphatic rings. The lowest BCUT2D eigenvalue weighted by Crippen LogP contribution is -2.68. The van der Waals surface area contributed by atoms with E-state index in [0.717, 1.165) is 57.8 Å². The molecule has 5 aliphatic carbocycles. The second kappa shape index (κ2) is 8.08. The standard InChI is InChI=1S/C32H50O5/c1-19(33)37-24-10-11-29(6)23(28(24,4)5)9-12-31(8)25(29)22(34)17-20-21-18-27(2,3)13-15-32(21,26(35)36)16-14-30(20,31)7/h17,21-25,34H,9-16,18H2,1-8H3,(H,35,36)/t21-,22+,23?,24-,25+,29-,30+,31+,32-/m0/s1. The van der Waals surface area contributed by atoms with Crippen LogP contribution in [0.2, 0.25) is 0 Å². The van der Waals surface area contributed by atoms with Crippen molar-refractivity contribution in [1.29, 1.82) is 0 Å². The van der Waals surface area contributed by atoms with Gasteiger partial charge in [-0.25, -0.2) is 0 Å². The first kappa shape index (κ1) is 27.2. The van der Waals surface area contributed by atoms with E-state index in [4.69, 9.17) is 4.74 Å². The zero-order valence-corrected chi connectivity index (χ0v) is 24.4. The van der Waals surface area contributed by atoms with Crippen LogP contribution in [0.3, 0.4) is 0 Å². The Morgan fingerprint density at radius 3 is 2.19 bits per heavy atom. The molecule has 208 valence electrons. The number of aliphatic carboxylic acids is 1. The van der Waals surface area contributed by atoms with Crippen LogP contribution in [0.25, 0.3) is 0 Å². The summed E-state index contributed by atoms with van der Waals surface area (Å²) in [4.78, 5) is 24.7. The summed E-state index contributed by atoms with van der Waals surface area (Å²) in [5, 5.41) is 22.6. The summed E-state index contributed by atoms with van der Waals surface area (Å²) in [6.07, 6.45) is 9.45. The minimum Gasteiger partial charge on any atom is -0.481 e. The Morgan fingerprint density at radius 1 is 0.919 bits per heavy atom. The van der Waals surface area contributed by atoms with Crippen molar-refractivity contribution < 1.29 is 24.5 Å². The molecule has 4 fully saturated rings. The van der Waals surface area contributed by atoms with Gasteiger partial charge in [0.1, 0.15) is 6.10 Å². The monoisotopic (exact) mass is 514 g/mol. The maximum absolute atomic E-state index is 12.8. The lowest BCUT2D eigenvalue weighted by Gasteiger charge is -2.71. The van der Waals surface area contributed by atoms with Crippen LogP contribution < -0.4 is 0 Å². The minimum absolute atomic E-state index is 0.0124. The molecule has 0 aliphatic heterocycles. The Bertz CT molecular complexity index is 1030. The second-order valence-corrected chi connectivity index (χ2v) is 15.8. The summed E-state index contributed by atoms with van der Waals surface area (Å²) in [6.45, 7) is 17.8. The highest BCUT2D eigenvalue weighted by Crippen LogP contribution is 2.75. The lowest BCUT2D eigenvalue weighted by molar-refractivity contribution is -0.230. The molecular formula is C32H50O5. The van der Waals surface area contributed by atoms with E-state index in [-0.39, 0.29) is 51.0 Å². The van der Waals surface area contributed by atoms with Crippen LogP contribution in [-0.2, 0) is 14.3 Å². The van der Waals surface area contributed by atoms with Gasteiger partial charge in [0, 0.05) is 18.3 Å². The van der Waals surface area contributed by atoms with Crippen molar-refractivity contribution in [2.24, 2.45) is 50.2 Å². The van der Waals surface area contributed by atoms with Gasteiger partial charge in [0.25, 0.3) is 0 Å². The number of hydrogen-bond donors (Lipinski definition) is 2. The lowest BCUT2D eigenvalue weighted by atomic mass is 9.33. The number of carbonyl (C=O) groups is 2. The molecule has 5 heteroatoms. The number of ether oxygens (including phenoxy) is 1. The molecule has 5 rings (SSSR count). The Hall–Kier alpha value is -1.36. The molecule has 0 aromatic carbocycles. The van der Waals surface area contributed by atoms with Crippen LogP contribution in [0.15, 0.2) is 11.6 Å². The van der Waals surface area contributed by atoms with Crippen LogP contribution in [-0.4, -0.2) is 34.4 Å². The van der Waals surface area contributed by atoms with Gasteiger partial charge in [0.05, 0.1) is 11.5 Å². The minimum atomic E-state index is -0.699. The third kappa shape index (κ3) is 3.50. The van der Waals surface area contributed by atoms with Crippen LogP contribution >= 0.6 is 0 Å². The topological polar surface area (TPSA) is 83.8 Å². The Kier molecular flexibility index (Phi) is 5.95. The molecule has 2 N–H and O–H groups in total. The molecule has 0 radical (unpaired) electrons. The van der Waals surface area contributed by atoms with Crippen molar-refractivity contribution in [2.45, 2.75) is 125 Å². The van der Waals surface area contributed by atoms with E-state index in [0.29, 0.717) is 5.92 Å². The van der Waals surface area contributed by atoms with Crippen molar-refractivity contribution in [3.05, 3.63) is 11.6 Å². The van der Waals surface area contributed by atoms with Crippen molar-refractivity contribution in [1.82, 2.24) is 0 Å². The number of hydrogen-bond acceptors (Lipinski definition) is 4. The largest absolute Gasteiger partial charge is 0.481 e. The van der Waals surface area contributed by atoms with Gasteiger partial charge >= 0.3 is 11.9 Å². The number of allylic oxidation sites excluding steroid dienone is 1. The van der Waals surface area contributed by atoms with Gasteiger partial charge in [-0.15, -0.1) is 0 Å². The number of rotatable bonds is 2. The van der Waals surface area contributed by atoms with Gasteiger partial charge in [0.2, 0.25) is 0 Å². The quantitative estimate of drug-likeness (QED) is 0.314. The zero-order chi connectivity index (χ0) is 27.4. The number of aliphatic hydroxyl groups excluding tert-OH is 1. The average Bonchev–Trinajstić information content (AvgIpc) is 2.76. The van der Waals surface area contributed by atoms with Gasteiger partial charge in [-0.3, -0.25) is 9.59 Å². The van der Waals surface area contributed by atoms with Gasteiger partial charge in [-0.2, -0.15) is 0 Å². The molecule has 0 amide bonds. The first-order valence-corrected chi connectivity index (χ1v) is 14.8. The number of fused-ring (bicyclic) bond motifs is 7. The summed E-state index contributed by atoms with van der Waals surface area (Å²) in [5.41, 5.74) is 0.170. The number of carboxylic acids is 1. The van der Waals surface area contributed by atoms with Crippen LogP contribution in [0, 0.1) is 50.2 Å². The third-order valence-corrected chi connectivity index (χ3v) is 13.3. The molecule has 0 spiro atoms. The maximum Gasteiger partial charge on any atom is 0.310 e. The van der Waals surface area contributed by atoms with Crippen molar-refractivity contribution in [3.8, 4) is 0 Å². The highest BCUT2D eigenvalue weighted by atomic mass is 16.5. The fourth-order valence-electron chi connectivity index (χ4n) is 11.1. The first-order valence-electron chi connectivity index (χ1n) is 14.8. The van der Waals surface area contributed by atoms with E-state index in [2.05, 4.69) is 54.5 Å². The summed E-state index contributed by atoms with van der Waals surface area (Å²) in [6, 6.07) is 0. The molecule has 1 unspecified atom stereocenters. The smallest absolute Gasteiger partial charge is 0.310 e. The summed E-state index contributed by atoms with van der Waals surface area (Å²) < 4.78 is 5.84. The van der Waals surface area contributed by atoms with Crippen molar-refractivity contribution in [3.63, 3.8) is 0 Å². The molecule has 0 heterocycles. The van der Waals surface area contributed by atoms with Crippen LogP contribution in [0.5, 0.6) is 0 Å². The summed E-state index contributed by atoms with van der Waals surface area (Å²) in [5.74, 6) is -0.418. The van der Waals surface area contributed by atoms with Crippen LogP contribution in [0.4, 0.5) is 0 Å². The van der Waals surface area contributed by atoms with E-state index in [1.807, 2.05) is 0 Å². The molecular weight excluding hydrogens is 464 g/mol. The van der Waals surface area contributed by atoms with Gasteiger partial charge in [0.15, 0.2) is 0 Å². The highest BCUT2D eigenvalue weighted by molar-refractivity contribution is 5.76. The highest BCUT2D eigenvalue weighted by Gasteiger charge is 2.71. The Labute approximate surface area is 223 Å². The predicted molar refractivity (Wildman–Crippen MR) is 144 cm³/mol. The van der Waals surface area contributed by atoms with Crippen molar-refractivity contribution in [2.75, 3.05) is 0 Å². The van der Waals surface area contributed by atoms with E-state index in [1.54, 1.807) is 0 Å². The molecule has 0 saturated heterocycles. The van der Waals surface area contributed by atoms with E-state index >= 15 is 0 Å². The van der Waals surface area contributed by atoms with E-state index in [9.17, 15) is 19.8 Å². The zero-order valence-electron chi connectivity index (χ0n) is 24.4. The molecule has 5 nitrogen and oxygen atoms in total. The Morgan fingerprint density at radius 2 is 1.57 bits per heavy atom. The van der Waals surface area contributed by atoms with Crippen molar-refractivity contribution >= 4 is 11.9 Å². The van der Waals surface area contributed by atoms with Gasteiger partial charge in [-0.1, -0.05) is 60.1 Å². The van der Waals surface area contributed by atoms with Crippen LogP contribution in [0.1, 0.15) is 113 Å².